The van der Waals surface area contributed by atoms with E-state index in [4.69, 9.17) is 0 Å². The Labute approximate surface area is 158 Å². The monoisotopic (exact) mass is 381 g/mol. The Kier molecular flexibility index (Phi) is 5.52. The van der Waals surface area contributed by atoms with Crippen molar-refractivity contribution >= 4 is 27.4 Å². The van der Waals surface area contributed by atoms with Crippen LogP contribution in [-0.2, 0) is 14.8 Å². The van der Waals surface area contributed by atoms with Gasteiger partial charge in [-0.1, -0.05) is 42.0 Å². The van der Waals surface area contributed by atoms with Crippen LogP contribution in [0.25, 0.3) is 0 Å². The van der Waals surface area contributed by atoms with Gasteiger partial charge in [-0.3, -0.25) is 9.10 Å². The van der Waals surface area contributed by atoms with Crippen molar-refractivity contribution in [3.8, 4) is 0 Å². The molecule has 1 aromatic heterocycles. The number of nitrogens with one attached hydrogen (secondary N) is 1. The Morgan fingerprint density at radius 1 is 0.963 bits per heavy atom. The second-order valence-corrected chi connectivity index (χ2v) is 7.79. The molecule has 0 spiro atoms. The molecular formula is C20H19N3O3S. The maximum absolute atomic E-state index is 13.1. The zero-order valence-electron chi connectivity index (χ0n) is 14.7. The first-order chi connectivity index (χ1) is 13.0. The van der Waals surface area contributed by atoms with Crippen LogP contribution < -0.4 is 9.62 Å². The first kappa shape index (κ1) is 18.6. The molecule has 7 heteroatoms. The summed E-state index contributed by atoms with van der Waals surface area (Å²) in [7, 11) is -3.90. The first-order valence-electron chi connectivity index (χ1n) is 8.32. The number of aryl methyl sites for hydroxylation is 1. The lowest BCUT2D eigenvalue weighted by Crippen LogP contribution is -2.38. The molecule has 1 N–H and O–H groups in total. The zero-order valence-corrected chi connectivity index (χ0v) is 15.6. The number of nitrogens with zero attached hydrogens (tertiary/aromatic N) is 2. The average Bonchev–Trinajstić information content (AvgIpc) is 2.68. The summed E-state index contributed by atoms with van der Waals surface area (Å²) in [5, 5.41) is 2.62. The van der Waals surface area contributed by atoms with E-state index in [1.807, 2.05) is 6.92 Å². The molecule has 0 unspecified atom stereocenters. The summed E-state index contributed by atoms with van der Waals surface area (Å²) in [6.45, 7) is 1.55. The summed E-state index contributed by atoms with van der Waals surface area (Å²) in [4.78, 5) is 16.6. The van der Waals surface area contributed by atoms with Crippen molar-refractivity contribution in [2.75, 3.05) is 16.2 Å². The van der Waals surface area contributed by atoms with Crippen molar-refractivity contribution in [3.63, 3.8) is 0 Å². The van der Waals surface area contributed by atoms with Crippen LogP contribution in [0, 0.1) is 6.92 Å². The van der Waals surface area contributed by atoms with Gasteiger partial charge in [0.05, 0.1) is 10.6 Å². The van der Waals surface area contributed by atoms with Crippen LogP contribution in [0.2, 0.25) is 0 Å². The summed E-state index contributed by atoms with van der Waals surface area (Å²) >= 11 is 0. The molecule has 0 saturated heterocycles. The van der Waals surface area contributed by atoms with E-state index < -0.39 is 15.9 Å². The first-order valence-corrected chi connectivity index (χ1v) is 9.76. The van der Waals surface area contributed by atoms with Gasteiger partial charge in [-0.15, -0.1) is 0 Å². The van der Waals surface area contributed by atoms with Gasteiger partial charge < -0.3 is 5.32 Å². The number of amides is 1. The van der Waals surface area contributed by atoms with E-state index in [9.17, 15) is 13.2 Å². The molecule has 0 aliphatic carbocycles. The van der Waals surface area contributed by atoms with Crippen LogP contribution in [0.15, 0.2) is 83.9 Å². The van der Waals surface area contributed by atoms with Crippen LogP contribution in [0.5, 0.6) is 0 Å². The van der Waals surface area contributed by atoms with Crippen molar-refractivity contribution < 1.29 is 13.2 Å². The SMILES string of the molecule is Cc1ccc(N(CC(=O)Nc2ccccn2)S(=O)(=O)c2ccccc2)cc1. The van der Waals surface area contributed by atoms with Gasteiger partial charge >= 0.3 is 0 Å². The fourth-order valence-corrected chi connectivity index (χ4v) is 3.94. The van der Waals surface area contributed by atoms with E-state index in [0.717, 1.165) is 9.87 Å². The molecule has 3 rings (SSSR count). The summed E-state index contributed by atoms with van der Waals surface area (Å²) < 4.78 is 27.4. The molecule has 0 saturated carbocycles. The van der Waals surface area contributed by atoms with Crippen LogP contribution in [0.4, 0.5) is 11.5 Å². The normalized spacial score (nSPS) is 11.0. The van der Waals surface area contributed by atoms with Gasteiger partial charge in [0.2, 0.25) is 5.91 Å². The molecule has 3 aromatic rings. The number of pyridine rings is 1. The Balaban J connectivity index is 1.93. The van der Waals surface area contributed by atoms with Crippen molar-refractivity contribution in [2.24, 2.45) is 0 Å². The molecule has 0 radical (unpaired) electrons. The molecule has 0 aliphatic heterocycles. The fraction of sp³-hybridized carbons (Fsp3) is 0.100. The van der Waals surface area contributed by atoms with Crippen molar-refractivity contribution in [1.82, 2.24) is 4.98 Å². The minimum absolute atomic E-state index is 0.121. The number of benzene rings is 2. The van der Waals surface area contributed by atoms with Gasteiger partial charge in [0.25, 0.3) is 10.0 Å². The Bertz CT molecular complexity index is 1010. The quantitative estimate of drug-likeness (QED) is 0.711. The lowest BCUT2D eigenvalue weighted by molar-refractivity contribution is -0.114. The van der Waals surface area contributed by atoms with Crippen molar-refractivity contribution in [1.29, 1.82) is 0 Å². The predicted molar refractivity (Wildman–Crippen MR) is 105 cm³/mol. The molecule has 138 valence electrons. The number of hydrogen-bond acceptors (Lipinski definition) is 4. The van der Waals surface area contributed by atoms with Crippen molar-refractivity contribution in [3.05, 3.63) is 84.6 Å². The van der Waals surface area contributed by atoms with Gasteiger partial charge in [0, 0.05) is 6.20 Å². The molecular weight excluding hydrogens is 362 g/mol. The van der Waals surface area contributed by atoms with Crippen LogP contribution in [0.3, 0.4) is 0 Å². The molecule has 0 fully saturated rings. The molecule has 2 aromatic carbocycles. The highest BCUT2D eigenvalue weighted by Crippen LogP contribution is 2.24. The third-order valence-electron chi connectivity index (χ3n) is 3.87. The van der Waals surface area contributed by atoms with E-state index >= 15 is 0 Å². The fourth-order valence-electron chi connectivity index (χ4n) is 2.50. The summed E-state index contributed by atoms with van der Waals surface area (Å²) in [6, 6.07) is 20.1. The van der Waals surface area contributed by atoms with Gasteiger partial charge in [-0.25, -0.2) is 13.4 Å². The smallest absolute Gasteiger partial charge is 0.264 e. The van der Waals surface area contributed by atoms with Gasteiger partial charge in [0.1, 0.15) is 12.4 Å². The molecule has 0 aliphatic rings. The van der Waals surface area contributed by atoms with E-state index in [-0.39, 0.29) is 11.4 Å². The van der Waals surface area contributed by atoms with Crippen LogP contribution >= 0.6 is 0 Å². The number of sulfonamides is 1. The van der Waals surface area contributed by atoms with Gasteiger partial charge in [0.15, 0.2) is 0 Å². The summed E-state index contributed by atoms with van der Waals surface area (Å²) in [5.41, 5.74) is 1.41. The molecule has 1 heterocycles. The van der Waals surface area contributed by atoms with Crippen LogP contribution in [-0.4, -0.2) is 25.9 Å². The number of rotatable bonds is 6. The highest BCUT2D eigenvalue weighted by Gasteiger charge is 2.27. The van der Waals surface area contributed by atoms with Gasteiger partial charge in [-0.05, 0) is 43.3 Å². The standard InChI is InChI=1S/C20H19N3O3S/c1-16-10-12-17(13-11-16)23(27(25,26)18-7-3-2-4-8-18)15-20(24)22-19-9-5-6-14-21-19/h2-14H,15H2,1H3,(H,21,22,24). The minimum atomic E-state index is -3.90. The average molecular weight is 381 g/mol. The number of aromatic nitrogens is 1. The van der Waals surface area contributed by atoms with E-state index in [1.54, 1.807) is 66.9 Å². The number of carbonyl (C=O) groups is 1. The van der Waals surface area contributed by atoms with E-state index in [0.29, 0.717) is 11.5 Å². The maximum Gasteiger partial charge on any atom is 0.264 e. The summed E-state index contributed by atoms with van der Waals surface area (Å²) in [5.74, 6) is -0.114. The third-order valence-corrected chi connectivity index (χ3v) is 5.66. The number of hydrogen-bond donors (Lipinski definition) is 1. The summed E-state index contributed by atoms with van der Waals surface area (Å²) in [6.07, 6.45) is 1.55. The van der Waals surface area contributed by atoms with Crippen molar-refractivity contribution in [2.45, 2.75) is 11.8 Å². The Hall–Kier alpha value is -3.19. The zero-order chi connectivity index (χ0) is 19.3. The lowest BCUT2D eigenvalue weighted by atomic mass is 10.2. The Morgan fingerprint density at radius 3 is 2.26 bits per heavy atom. The molecule has 6 nitrogen and oxygen atoms in total. The van der Waals surface area contributed by atoms with E-state index in [2.05, 4.69) is 10.3 Å². The molecule has 0 bridgehead atoms. The topological polar surface area (TPSA) is 79.4 Å². The molecule has 1 amide bonds. The number of carbonyl (C=O) groups excluding carboxylic acids is 1. The maximum atomic E-state index is 13.1. The lowest BCUT2D eigenvalue weighted by Gasteiger charge is -2.24. The largest absolute Gasteiger partial charge is 0.309 e. The minimum Gasteiger partial charge on any atom is -0.309 e. The number of anilines is 2. The molecule has 0 atom stereocenters. The van der Waals surface area contributed by atoms with E-state index in [1.165, 1.54) is 12.1 Å². The molecule has 27 heavy (non-hydrogen) atoms. The van der Waals surface area contributed by atoms with Crippen LogP contribution in [0.1, 0.15) is 5.56 Å². The highest BCUT2D eigenvalue weighted by atomic mass is 32.2. The highest BCUT2D eigenvalue weighted by molar-refractivity contribution is 7.92. The third kappa shape index (κ3) is 4.51. The second-order valence-electron chi connectivity index (χ2n) is 5.92. The second kappa shape index (κ2) is 8.01. The predicted octanol–water partition coefficient (Wildman–Crippen LogP) is 3.22. The van der Waals surface area contributed by atoms with Gasteiger partial charge in [-0.2, -0.15) is 0 Å². The Morgan fingerprint density at radius 2 is 1.63 bits per heavy atom.